The third-order valence-electron chi connectivity index (χ3n) is 2.32. The van der Waals surface area contributed by atoms with Crippen LogP contribution < -0.4 is 5.32 Å². The van der Waals surface area contributed by atoms with Gasteiger partial charge < -0.3 is 14.5 Å². The van der Waals surface area contributed by atoms with Crippen molar-refractivity contribution in [3.05, 3.63) is 34.5 Å². The van der Waals surface area contributed by atoms with Gasteiger partial charge in [-0.25, -0.2) is 4.68 Å². The summed E-state index contributed by atoms with van der Waals surface area (Å²) in [5.74, 6) is 0.839. The minimum Gasteiger partial charge on any atom is -0.452 e. The van der Waals surface area contributed by atoms with E-state index in [0.29, 0.717) is 19.7 Å². The summed E-state index contributed by atoms with van der Waals surface area (Å²) >= 11 is 3.27. The van der Waals surface area contributed by atoms with E-state index in [4.69, 9.17) is 9.15 Å². The van der Waals surface area contributed by atoms with Gasteiger partial charge in [0.2, 0.25) is 0 Å². The van der Waals surface area contributed by atoms with Gasteiger partial charge in [-0.15, -0.1) is 5.10 Å². The van der Waals surface area contributed by atoms with E-state index in [2.05, 4.69) is 31.6 Å². The number of hydrogen-bond acceptors (Lipinski definition) is 5. The molecular weight excluding hydrogens is 300 g/mol. The molecule has 2 aromatic heterocycles. The van der Waals surface area contributed by atoms with Gasteiger partial charge in [-0.2, -0.15) is 0 Å². The monoisotopic (exact) mass is 314 g/mol. The number of aromatic nitrogens is 3. The molecule has 0 aliphatic heterocycles. The number of nitrogens with zero attached hydrogens (tertiary/aromatic N) is 3. The molecule has 0 aliphatic rings. The highest BCUT2D eigenvalue weighted by atomic mass is 79.9. The molecule has 0 amide bonds. The number of halogens is 1. The molecule has 0 saturated heterocycles. The molecule has 0 bridgehead atoms. The molecule has 0 unspecified atom stereocenters. The van der Waals surface area contributed by atoms with Crippen molar-refractivity contribution in [2.75, 3.05) is 20.3 Å². The van der Waals surface area contributed by atoms with Crippen molar-refractivity contribution in [2.24, 2.45) is 0 Å². The van der Waals surface area contributed by atoms with E-state index in [-0.39, 0.29) is 0 Å². The highest BCUT2D eigenvalue weighted by Gasteiger charge is 2.04. The van der Waals surface area contributed by atoms with Gasteiger partial charge >= 0.3 is 0 Å². The summed E-state index contributed by atoms with van der Waals surface area (Å²) in [7, 11) is 1.68. The summed E-state index contributed by atoms with van der Waals surface area (Å²) in [6.45, 7) is 2.75. The second kappa shape index (κ2) is 6.67. The Morgan fingerprint density at radius 2 is 2.39 bits per heavy atom. The van der Waals surface area contributed by atoms with Crippen molar-refractivity contribution in [3.63, 3.8) is 0 Å². The van der Waals surface area contributed by atoms with E-state index in [1.165, 1.54) is 0 Å². The minimum absolute atomic E-state index is 0.580. The number of rotatable bonds is 7. The van der Waals surface area contributed by atoms with Crippen LogP contribution in [0.5, 0.6) is 0 Å². The average molecular weight is 315 g/mol. The molecule has 2 heterocycles. The summed E-state index contributed by atoms with van der Waals surface area (Å²) < 4.78 is 12.8. The van der Waals surface area contributed by atoms with Gasteiger partial charge in [0.25, 0.3) is 0 Å². The van der Waals surface area contributed by atoms with Crippen LogP contribution in [0, 0.1) is 0 Å². The van der Waals surface area contributed by atoms with E-state index in [1.807, 2.05) is 18.3 Å². The molecule has 1 N–H and O–H groups in total. The van der Waals surface area contributed by atoms with Crippen LogP contribution >= 0.6 is 15.9 Å². The van der Waals surface area contributed by atoms with Crippen LogP contribution in [0.15, 0.2) is 27.4 Å². The summed E-state index contributed by atoms with van der Waals surface area (Å²) in [5.41, 5.74) is 0.900. The summed E-state index contributed by atoms with van der Waals surface area (Å²) in [5, 5.41) is 11.3. The first kappa shape index (κ1) is 13.3. The highest BCUT2D eigenvalue weighted by Crippen LogP contribution is 2.14. The second-order valence-electron chi connectivity index (χ2n) is 3.78. The van der Waals surface area contributed by atoms with Gasteiger partial charge in [0, 0.05) is 20.2 Å². The Hall–Kier alpha value is -1.18. The highest BCUT2D eigenvalue weighted by molar-refractivity contribution is 9.10. The molecule has 18 heavy (non-hydrogen) atoms. The molecule has 0 aromatic carbocycles. The maximum Gasteiger partial charge on any atom is 0.169 e. The lowest BCUT2D eigenvalue weighted by atomic mass is 10.4. The summed E-state index contributed by atoms with van der Waals surface area (Å²) in [4.78, 5) is 0. The van der Waals surface area contributed by atoms with E-state index < -0.39 is 0 Å². The van der Waals surface area contributed by atoms with Crippen molar-refractivity contribution in [3.8, 4) is 0 Å². The zero-order chi connectivity index (χ0) is 12.8. The van der Waals surface area contributed by atoms with Crippen LogP contribution in [0.25, 0.3) is 0 Å². The predicted molar refractivity (Wildman–Crippen MR) is 69.1 cm³/mol. The van der Waals surface area contributed by atoms with Crippen molar-refractivity contribution in [1.29, 1.82) is 0 Å². The van der Waals surface area contributed by atoms with Crippen LogP contribution in [0.1, 0.15) is 11.5 Å². The van der Waals surface area contributed by atoms with E-state index >= 15 is 0 Å². The Morgan fingerprint density at radius 3 is 3.11 bits per heavy atom. The fourth-order valence-electron chi connectivity index (χ4n) is 1.48. The van der Waals surface area contributed by atoms with Crippen LogP contribution in [-0.4, -0.2) is 35.3 Å². The zero-order valence-corrected chi connectivity index (χ0v) is 11.7. The van der Waals surface area contributed by atoms with Crippen molar-refractivity contribution >= 4 is 15.9 Å². The lowest BCUT2D eigenvalue weighted by Crippen LogP contribution is -2.18. The standard InChI is InChI=1S/C11H15BrN4O2/c1-17-5-4-13-6-9-7-16(15-14-9)8-10-2-3-11(12)18-10/h2-3,7,13H,4-6,8H2,1H3. The van der Waals surface area contributed by atoms with E-state index in [0.717, 1.165) is 22.7 Å². The first-order chi connectivity index (χ1) is 8.78. The molecule has 0 spiro atoms. The van der Waals surface area contributed by atoms with Crippen molar-refractivity contribution in [1.82, 2.24) is 20.3 Å². The SMILES string of the molecule is COCCNCc1cn(Cc2ccc(Br)o2)nn1. The Bertz CT molecular complexity index is 483. The average Bonchev–Trinajstić information content (AvgIpc) is 2.95. The van der Waals surface area contributed by atoms with Gasteiger partial charge in [0.15, 0.2) is 4.67 Å². The lowest BCUT2D eigenvalue weighted by Gasteiger charge is -1.99. The minimum atomic E-state index is 0.580. The van der Waals surface area contributed by atoms with Crippen molar-refractivity contribution in [2.45, 2.75) is 13.1 Å². The molecule has 0 saturated carbocycles. The molecule has 7 heteroatoms. The summed E-state index contributed by atoms with van der Waals surface area (Å²) in [6, 6.07) is 3.77. The summed E-state index contributed by atoms with van der Waals surface area (Å²) in [6.07, 6.45) is 1.90. The number of nitrogens with one attached hydrogen (secondary N) is 1. The molecule has 0 fully saturated rings. The fraction of sp³-hybridized carbons (Fsp3) is 0.455. The third kappa shape index (κ3) is 3.94. The maximum atomic E-state index is 5.41. The van der Waals surface area contributed by atoms with Crippen LogP contribution in [0.3, 0.4) is 0 Å². The molecular formula is C11H15BrN4O2. The second-order valence-corrected chi connectivity index (χ2v) is 4.56. The number of furan rings is 1. The fourth-order valence-corrected chi connectivity index (χ4v) is 1.82. The van der Waals surface area contributed by atoms with Gasteiger partial charge in [-0.3, -0.25) is 0 Å². The first-order valence-electron chi connectivity index (χ1n) is 5.61. The lowest BCUT2D eigenvalue weighted by molar-refractivity contribution is 0.199. The number of ether oxygens (including phenoxy) is 1. The van der Waals surface area contributed by atoms with Gasteiger partial charge in [-0.05, 0) is 28.1 Å². The quantitative estimate of drug-likeness (QED) is 0.783. The van der Waals surface area contributed by atoms with Gasteiger partial charge in [-0.1, -0.05) is 5.21 Å². The van der Waals surface area contributed by atoms with Crippen LogP contribution in [0.4, 0.5) is 0 Å². The number of methoxy groups -OCH3 is 1. The van der Waals surface area contributed by atoms with Gasteiger partial charge in [0.05, 0.1) is 18.5 Å². The normalized spacial score (nSPS) is 11.0. The molecule has 98 valence electrons. The van der Waals surface area contributed by atoms with Crippen molar-refractivity contribution < 1.29 is 9.15 Å². The van der Waals surface area contributed by atoms with E-state index in [1.54, 1.807) is 11.8 Å². The van der Waals surface area contributed by atoms with Crippen LogP contribution in [-0.2, 0) is 17.8 Å². The Morgan fingerprint density at radius 1 is 1.50 bits per heavy atom. The Kier molecular flexibility index (Phi) is 4.91. The Balaban J connectivity index is 1.82. The molecule has 2 rings (SSSR count). The topological polar surface area (TPSA) is 65.1 Å². The molecule has 0 radical (unpaired) electrons. The van der Waals surface area contributed by atoms with Gasteiger partial charge in [0.1, 0.15) is 12.3 Å². The first-order valence-corrected chi connectivity index (χ1v) is 6.40. The largest absolute Gasteiger partial charge is 0.452 e. The molecule has 2 aromatic rings. The smallest absolute Gasteiger partial charge is 0.169 e. The Labute approximate surface area is 113 Å². The third-order valence-corrected chi connectivity index (χ3v) is 2.75. The molecule has 6 nitrogen and oxygen atoms in total. The maximum absolute atomic E-state index is 5.41. The zero-order valence-electron chi connectivity index (χ0n) is 10.1. The molecule has 0 aliphatic carbocycles. The molecule has 0 atom stereocenters. The van der Waals surface area contributed by atoms with E-state index in [9.17, 15) is 0 Å². The van der Waals surface area contributed by atoms with Crippen LogP contribution in [0.2, 0.25) is 0 Å². The predicted octanol–water partition coefficient (Wildman–Crippen LogP) is 1.42. The number of hydrogen-bond donors (Lipinski definition) is 1.